The van der Waals surface area contributed by atoms with E-state index >= 15 is 0 Å². The first kappa shape index (κ1) is 11.0. The largest absolute Gasteiger partial charge is 0.314 e. The van der Waals surface area contributed by atoms with Gasteiger partial charge < -0.3 is 4.90 Å². The van der Waals surface area contributed by atoms with E-state index in [1.54, 1.807) is 6.21 Å². The van der Waals surface area contributed by atoms with Crippen LogP contribution in [0, 0.1) is 0 Å². The Morgan fingerprint density at radius 3 is 3.12 bits per heavy atom. The van der Waals surface area contributed by atoms with Gasteiger partial charge in [0.25, 0.3) is 0 Å². The number of hydrogen-bond acceptors (Lipinski definition) is 4. The maximum atomic E-state index is 5.94. The van der Waals surface area contributed by atoms with Crippen LogP contribution >= 0.6 is 11.6 Å². The molecule has 1 heterocycles. The predicted octanol–water partition coefficient (Wildman–Crippen LogP) is 2.24. The molecule has 1 N–H and O–H groups in total. The van der Waals surface area contributed by atoms with Gasteiger partial charge in [-0.3, -0.25) is 0 Å². The highest BCUT2D eigenvalue weighted by molar-refractivity contribution is 6.30. The fourth-order valence-corrected chi connectivity index (χ4v) is 1.82. The molecular weight excluding hydrogens is 224 g/mol. The second-order valence-corrected chi connectivity index (χ2v) is 3.91. The van der Waals surface area contributed by atoms with Crippen molar-refractivity contribution in [1.82, 2.24) is 5.43 Å². The second-order valence-electron chi connectivity index (χ2n) is 3.47. The van der Waals surface area contributed by atoms with E-state index < -0.39 is 0 Å². The normalized spacial score (nSPS) is 14.9. The van der Waals surface area contributed by atoms with Crippen LogP contribution in [-0.2, 0) is 6.54 Å². The number of nitrogens with one attached hydrogen (secondary N) is 1. The lowest BCUT2D eigenvalue weighted by Gasteiger charge is -2.26. The fourth-order valence-electron chi connectivity index (χ4n) is 1.62. The third-order valence-electron chi connectivity index (χ3n) is 2.41. The van der Waals surface area contributed by atoms with Gasteiger partial charge in [-0.25, -0.2) is 10.4 Å². The Hall–Kier alpha value is -1.55. The summed E-state index contributed by atoms with van der Waals surface area (Å²) in [6.07, 6.45) is 1.69. The molecule has 1 aliphatic heterocycles. The van der Waals surface area contributed by atoms with E-state index in [-0.39, 0.29) is 0 Å². The van der Waals surface area contributed by atoms with Crippen LogP contribution in [0.25, 0.3) is 0 Å². The van der Waals surface area contributed by atoms with Crippen molar-refractivity contribution in [3.63, 3.8) is 0 Å². The number of nitrogens with zero attached hydrogens (tertiary/aromatic N) is 3. The number of anilines is 1. The topological polar surface area (TPSA) is 40.0 Å². The van der Waals surface area contributed by atoms with Crippen molar-refractivity contribution in [1.29, 1.82) is 0 Å². The van der Waals surface area contributed by atoms with Crippen LogP contribution in [0.4, 0.5) is 5.69 Å². The number of guanidine groups is 1. The molecule has 4 nitrogen and oxygen atoms in total. The Morgan fingerprint density at radius 2 is 2.38 bits per heavy atom. The number of rotatable bonds is 1. The smallest absolute Gasteiger partial charge is 0.219 e. The maximum Gasteiger partial charge on any atom is 0.219 e. The van der Waals surface area contributed by atoms with Crippen LogP contribution in [0.5, 0.6) is 0 Å². The van der Waals surface area contributed by atoms with Gasteiger partial charge in [-0.1, -0.05) is 11.6 Å². The predicted molar refractivity (Wildman–Crippen MR) is 68.3 cm³/mol. The summed E-state index contributed by atoms with van der Waals surface area (Å²) in [6.45, 7) is 2.48. The summed E-state index contributed by atoms with van der Waals surface area (Å²) in [7, 11) is 1.95. The van der Waals surface area contributed by atoms with Gasteiger partial charge in [-0.15, -0.1) is 0 Å². The summed E-state index contributed by atoms with van der Waals surface area (Å²) in [5, 5.41) is 4.70. The summed E-state index contributed by atoms with van der Waals surface area (Å²) >= 11 is 5.94. The van der Waals surface area contributed by atoms with Crippen LogP contribution < -0.4 is 10.3 Å². The first-order chi connectivity index (χ1) is 7.72. The number of halogens is 1. The average molecular weight is 237 g/mol. The molecule has 1 aromatic carbocycles. The molecule has 0 spiro atoms. The Bertz CT molecular complexity index is 453. The third kappa shape index (κ3) is 2.02. The Kier molecular flexibility index (Phi) is 3.10. The molecule has 0 aromatic heterocycles. The molecule has 0 amide bonds. The van der Waals surface area contributed by atoms with Gasteiger partial charge in [0, 0.05) is 24.0 Å². The molecular formula is C11H13ClN4. The van der Waals surface area contributed by atoms with Gasteiger partial charge in [0.1, 0.15) is 0 Å². The number of benzene rings is 1. The standard InChI is InChI=1S/C11H13ClN4/c1-3-14-15-11-13-7-8-6-9(12)4-5-10(8)16(11)2/h3-6H,7H2,1-2H3,(H,13,15)/b14-3+. The average Bonchev–Trinajstić information content (AvgIpc) is 2.28. The molecule has 2 rings (SSSR count). The summed E-state index contributed by atoms with van der Waals surface area (Å²) in [5.74, 6) is 0.743. The van der Waals surface area contributed by atoms with Crippen molar-refractivity contribution in [3.8, 4) is 0 Å². The molecule has 16 heavy (non-hydrogen) atoms. The molecule has 0 unspecified atom stereocenters. The molecule has 84 valence electrons. The highest BCUT2D eigenvalue weighted by Crippen LogP contribution is 2.27. The molecule has 0 aliphatic carbocycles. The summed E-state index contributed by atoms with van der Waals surface area (Å²) in [6, 6.07) is 5.81. The van der Waals surface area contributed by atoms with Gasteiger partial charge in [0.05, 0.1) is 6.54 Å². The summed E-state index contributed by atoms with van der Waals surface area (Å²) in [4.78, 5) is 6.35. The monoisotopic (exact) mass is 236 g/mol. The number of fused-ring (bicyclic) bond motifs is 1. The first-order valence-electron chi connectivity index (χ1n) is 5.02. The SMILES string of the molecule is C/C=N/NC1=NCc2cc(Cl)ccc2N1C. The third-order valence-corrected chi connectivity index (χ3v) is 2.65. The van der Waals surface area contributed by atoms with E-state index in [1.165, 1.54) is 0 Å². The van der Waals surface area contributed by atoms with Crippen LogP contribution in [0.1, 0.15) is 12.5 Å². The van der Waals surface area contributed by atoms with Crippen molar-refractivity contribution < 1.29 is 0 Å². The minimum atomic E-state index is 0.627. The Morgan fingerprint density at radius 1 is 1.56 bits per heavy atom. The van der Waals surface area contributed by atoms with Gasteiger partial charge in [0.2, 0.25) is 5.96 Å². The molecule has 1 aliphatic rings. The summed E-state index contributed by atoms with van der Waals surface area (Å²) in [5.41, 5.74) is 5.12. The van der Waals surface area contributed by atoms with Gasteiger partial charge in [-0.2, -0.15) is 5.10 Å². The number of hydrazone groups is 1. The lowest BCUT2D eigenvalue weighted by atomic mass is 10.1. The van der Waals surface area contributed by atoms with Gasteiger partial charge >= 0.3 is 0 Å². The Balaban J connectivity index is 2.28. The minimum Gasteiger partial charge on any atom is -0.314 e. The molecule has 0 atom stereocenters. The van der Waals surface area contributed by atoms with Crippen LogP contribution in [0.3, 0.4) is 0 Å². The van der Waals surface area contributed by atoms with E-state index in [1.807, 2.05) is 37.1 Å². The number of hydrogen-bond donors (Lipinski definition) is 1. The van der Waals surface area contributed by atoms with Crippen molar-refractivity contribution in [3.05, 3.63) is 28.8 Å². The lowest BCUT2D eigenvalue weighted by Crippen LogP contribution is -2.38. The zero-order valence-corrected chi connectivity index (χ0v) is 9.99. The molecule has 0 radical (unpaired) electrons. The zero-order valence-electron chi connectivity index (χ0n) is 9.24. The van der Waals surface area contributed by atoms with E-state index in [2.05, 4.69) is 15.5 Å². The van der Waals surface area contributed by atoms with Crippen molar-refractivity contribution in [2.24, 2.45) is 10.1 Å². The molecule has 0 saturated heterocycles. The van der Waals surface area contributed by atoms with Crippen molar-refractivity contribution in [2.75, 3.05) is 11.9 Å². The van der Waals surface area contributed by atoms with Crippen molar-refractivity contribution >= 4 is 29.5 Å². The zero-order chi connectivity index (χ0) is 11.5. The van der Waals surface area contributed by atoms with E-state index in [0.29, 0.717) is 6.54 Å². The number of aliphatic imine (C=N–C) groups is 1. The molecule has 0 saturated carbocycles. The van der Waals surface area contributed by atoms with Crippen LogP contribution in [0.15, 0.2) is 28.3 Å². The second kappa shape index (κ2) is 4.53. The maximum absolute atomic E-state index is 5.94. The van der Waals surface area contributed by atoms with Crippen LogP contribution in [0.2, 0.25) is 5.02 Å². The van der Waals surface area contributed by atoms with Crippen LogP contribution in [-0.4, -0.2) is 19.2 Å². The minimum absolute atomic E-state index is 0.627. The molecule has 1 aromatic rings. The fraction of sp³-hybridized carbons (Fsp3) is 0.273. The van der Waals surface area contributed by atoms with E-state index in [9.17, 15) is 0 Å². The lowest BCUT2D eigenvalue weighted by molar-refractivity contribution is 0.908. The molecule has 0 bridgehead atoms. The molecule has 0 fully saturated rings. The van der Waals surface area contributed by atoms with E-state index in [0.717, 1.165) is 22.2 Å². The first-order valence-corrected chi connectivity index (χ1v) is 5.40. The Labute approximate surface area is 99.6 Å². The van der Waals surface area contributed by atoms with Gasteiger partial charge in [0.15, 0.2) is 0 Å². The summed E-state index contributed by atoms with van der Waals surface area (Å²) < 4.78 is 0. The van der Waals surface area contributed by atoms with Crippen molar-refractivity contribution in [2.45, 2.75) is 13.5 Å². The van der Waals surface area contributed by atoms with E-state index in [4.69, 9.17) is 11.6 Å². The van der Waals surface area contributed by atoms with Gasteiger partial charge in [-0.05, 0) is 30.7 Å². The highest BCUT2D eigenvalue weighted by Gasteiger charge is 2.17. The highest BCUT2D eigenvalue weighted by atomic mass is 35.5. The quantitative estimate of drug-likeness (QED) is 0.600. The molecule has 5 heteroatoms.